The van der Waals surface area contributed by atoms with Crippen molar-refractivity contribution in [2.75, 3.05) is 6.61 Å². The van der Waals surface area contributed by atoms with Crippen LogP contribution in [0.15, 0.2) is 97.8 Å². The van der Waals surface area contributed by atoms with Crippen LogP contribution < -0.4 is 0 Å². The molecule has 0 aliphatic rings. The molecule has 5 rings (SSSR count). The van der Waals surface area contributed by atoms with Gasteiger partial charge in [-0.3, -0.25) is 0 Å². The van der Waals surface area contributed by atoms with Crippen molar-refractivity contribution >= 4 is 55.2 Å². The first-order valence-corrected chi connectivity index (χ1v) is 11.9. The molecule has 5 aromatic rings. The van der Waals surface area contributed by atoms with E-state index in [0.717, 1.165) is 5.56 Å². The van der Waals surface area contributed by atoms with Gasteiger partial charge in [0.25, 0.3) is 0 Å². The molecule has 0 spiro atoms. The van der Waals surface area contributed by atoms with Gasteiger partial charge in [-0.2, -0.15) is 4.89 Å². The molecule has 0 bridgehead atoms. The number of hydrogen-bond donors (Lipinski definition) is 1. The lowest BCUT2D eigenvalue weighted by molar-refractivity contribution is -0.261. The van der Waals surface area contributed by atoms with E-state index in [1.165, 1.54) is 54.9 Å². The lowest BCUT2D eigenvalue weighted by Gasteiger charge is -2.18. The Hall–Kier alpha value is -3.92. The molecule has 0 aliphatic heterocycles. The Morgan fingerprint density at radius 3 is 1.89 bits per heavy atom. The second-order valence-electron chi connectivity index (χ2n) is 8.55. The minimum absolute atomic E-state index is 0.0735. The van der Waals surface area contributed by atoms with Crippen molar-refractivity contribution in [3.05, 3.63) is 109 Å². The molecule has 0 aromatic heterocycles. The van der Waals surface area contributed by atoms with E-state index in [-0.39, 0.29) is 6.61 Å². The number of rotatable bonds is 8. The van der Waals surface area contributed by atoms with Gasteiger partial charge in [0.1, 0.15) is 12.9 Å². The van der Waals surface area contributed by atoms with Crippen molar-refractivity contribution in [3.8, 4) is 0 Å². The van der Waals surface area contributed by atoms with Crippen LogP contribution in [0.5, 0.6) is 0 Å². The smallest absolute Gasteiger partial charge is 0.122 e. The number of hydrogen-bond acceptors (Lipinski definition) is 3. The van der Waals surface area contributed by atoms with Crippen molar-refractivity contribution in [2.45, 2.75) is 19.4 Å². The van der Waals surface area contributed by atoms with Gasteiger partial charge in [-0.25, -0.2) is 0 Å². The fourth-order valence-electron chi connectivity index (χ4n) is 5.01. The van der Waals surface area contributed by atoms with E-state index in [0.29, 0.717) is 6.42 Å². The summed E-state index contributed by atoms with van der Waals surface area (Å²) in [6.07, 6.45) is 9.39. The van der Waals surface area contributed by atoms with Gasteiger partial charge >= 0.3 is 0 Å². The van der Waals surface area contributed by atoms with Gasteiger partial charge in [0.05, 0.1) is 6.10 Å². The number of aliphatic hydroxyl groups excluding tert-OH is 1. The Kier molecular flexibility index (Phi) is 6.62. The first-order valence-electron chi connectivity index (χ1n) is 11.9. The van der Waals surface area contributed by atoms with Crippen LogP contribution in [0.2, 0.25) is 0 Å². The van der Waals surface area contributed by atoms with E-state index < -0.39 is 6.10 Å². The topological polar surface area (TPSA) is 38.7 Å². The van der Waals surface area contributed by atoms with Gasteiger partial charge in [0.15, 0.2) is 0 Å². The van der Waals surface area contributed by atoms with Gasteiger partial charge in [0, 0.05) is 0 Å². The van der Waals surface area contributed by atoms with Gasteiger partial charge in [-0.15, -0.1) is 0 Å². The van der Waals surface area contributed by atoms with Crippen LogP contribution >= 0.6 is 0 Å². The maximum atomic E-state index is 10.3. The van der Waals surface area contributed by atoms with Crippen molar-refractivity contribution in [2.24, 2.45) is 0 Å². The Bertz CT molecular complexity index is 1590. The van der Waals surface area contributed by atoms with Gasteiger partial charge in [-0.05, 0) is 67.6 Å². The zero-order chi connectivity index (χ0) is 24.2. The third-order valence-electron chi connectivity index (χ3n) is 6.40. The average molecular weight is 461 g/mol. The van der Waals surface area contributed by atoms with E-state index in [1.807, 2.05) is 13.0 Å². The molecule has 5 aromatic carbocycles. The van der Waals surface area contributed by atoms with E-state index in [4.69, 9.17) is 4.89 Å². The summed E-state index contributed by atoms with van der Waals surface area (Å²) in [4.78, 5) is 9.62. The van der Waals surface area contributed by atoms with Crippen LogP contribution in [0.25, 0.3) is 55.2 Å². The molecule has 1 N–H and O–H groups in total. The van der Waals surface area contributed by atoms with E-state index in [1.54, 1.807) is 0 Å². The van der Waals surface area contributed by atoms with Crippen LogP contribution in [-0.4, -0.2) is 17.8 Å². The molecule has 0 aliphatic carbocycles. The first kappa shape index (κ1) is 22.9. The molecule has 174 valence electrons. The molecular weight excluding hydrogens is 432 g/mol. The van der Waals surface area contributed by atoms with E-state index in [2.05, 4.69) is 102 Å². The lowest BCUT2D eigenvalue weighted by atomic mass is 9.85. The lowest BCUT2D eigenvalue weighted by Crippen LogP contribution is -2.13. The third kappa shape index (κ3) is 4.21. The predicted octanol–water partition coefficient (Wildman–Crippen LogP) is 8.19. The van der Waals surface area contributed by atoms with Crippen molar-refractivity contribution < 1.29 is 14.9 Å². The second kappa shape index (κ2) is 10.1. The van der Waals surface area contributed by atoms with Gasteiger partial charge in [0.2, 0.25) is 0 Å². The summed E-state index contributed by atoms with van der Waals surface area (Å²) in [7, 11) is 0. The number of benzene rings is 5. The molecule has 1 atom stereocenters. The molecule has 3 heteroatoms. The molecule has 0 saturated heterocycles. The van der Waals surface area contributed by atoms with Gasteiger partial charge < -0.3 is 9.99 Å². The highest BCUT2D eigenvalue weighted by molar-refractivity contribution is 6.34. The van der Waals surface area contributed by atoms with E-state index in [9.17, 15) is 5.11 Å². The zero-order valence-corrected chi connectivity index (χ0v) is 19.8. The zero-order valence-electron chi connectivity index (χ0n) is 19.8. The highest BCUT2D eigenvalue weighted by atomic mass is 17.2. The van der Waals surface area contributed by atoms with Crippen molar-refractivity contribution in [1.29, 1.82) is 0 Å². The maximum Gasteiger partial charge on any atom is 0.122 e. The maximum absolute atomic E-state index is 10.3. The molecule has 0 saturated carbocycles. The first-order chi connectivity index (χ1) is 17.2. The number of fused-ring (bicyclic) bond motifs is 8. The standard InChI is InChI=1S/C32H28O3/c1-3-12-23-24-14-5-8-17-27(24)31-28-18-9-6-15-25(28)26-16-7-10-19-29(26)32(31)30(23)20-11-13-22(33)21-35-34-4-2/h3-12,14-20,22,33H,2,13,21H2,1H3/b12-3-,20-11-. The summed E-state index contributed by atoms with van der Waals surface area (Å²) in [5, 5.41) is 20.2. The summed E-state index contributed by atoms with van der Waals surface area (Å²) < 4.78 is 0. The fourth-order valence-corrected chi connectivity index (χ4v) is 5.01. The monoisotopic (exact) mass is 460 g/mol. The molecule has 0 heterocycles. The Morgan fingerprint density at radius 1 is 0.743 bits per heavy atom. The summed E-state index contributed by atoms with van der Waals surface area (Å²) in [6.45, 7) is 5.56. The SMILES string of the molecule is C=COOCC(O)C/C=C\c1c(/C=C\C)c2ccccc2c2c3ccccc3c3ccccc3c12. The van der Waals surface area contributed by atoms with Crippen molar-refractivity contribution in [3.63, 3.8) is 0 Å². The van der Waals surface area contributed by atoms with Crippen LogP contribution in [-0.2, 0) is 9.78 Å². The van der Waals surface area contributed by atoms with Crippen LogP contribution in [0, 0.1) is 0 Å². The molecule has 1 unspecified atom stereocenters. The Labute approximate surface area is 205 Å². The highest BCUT2D eigenvalue weighted by Crippen LogP contribution is 2.43. The minimum atomic E-state index is -0.680. The number of aliphatic hydroxyl groups is 1. The summed E-state index contributed by atoms with van der Waals surface area (Å²) >= 11 is 0. The minimum Gasteiger partial charge on any atom is -0.390 e. The highest BCUT2D eigenvalue weighted by Gasteiger charge is 2.17. The summed E-state index contributed by atoms with van der Waals surface area (Å²) in [5.41, 5.74) is 2.32. The quantitative estimate of drug-likeness (QED) is 0.0834. The molecule has 35 heavy (non-hydrogen) atoms. The molecule has 3 nitrogen and oxygen atoms in total. The fraction of sp³-hybridized carbons (Fsp3) is 0.125. The Morgan fingerprint density at radius 2 is 1.29 bits per heavy atom. The van der Waals surface area contributed by atoms with E-state index >= 15 is 0 Å². The Balaban J connectivity index is 1.85. The van der Waals surface area contributed by atoms with Gasteiger partial charge in [-0.1, -0.05) is 104 Å². The predicted molar refractivity (Wildman–Crippen MR) is 148 cm³/mol. The van der Waals surface area contributed by atoms with Crippen LogP contribution in [0.3, 0.4) is 0 Å². The average Bonchev–Trinajstić information content (AvgIpc) is 2.90. The molecule has 0 amide bonds. The summed E-state index contributed by atoms with van der Waals surface area (Å²) in [5.74, 6) is 0. The molecular formula is C32H28O3. The molecule has 0 fully saturated rings. The summed E-state index contributed by atoms with van der Waals surface area (Å²) in [6, 6.07) is 25.9. The van der Waals surface area contributed by atoms with Crippen molar-refractivity contribution in [1.82, 2.24) is 0 Å². The number of allylic oxidation sites excluding steroid dienone is 1. The second-order valence-corrected chi connectivity index (χ2v) is 8.55. The van der Waals surface area contributed by atoms with Crippen LogP contribution in [0.1, 0.15) is 24.5 Å². The molecule has 0 radical (unpaired) electrons. The van der Waals surface area contributed by atoms with Crippen LogP contribution in [0.4, 0.5) is 0 Å². The normalized spacial score (nSPS) is 13.0. The largest absolute Gasteiger partial charge is 0.390 e. The third-order valence-corrected chi connectivity index (χ3v) is 6.40.